The highest BCUT2D eigenvalue weighted by molar-refractivity contribution is 9.10. The molecule has 1 aliphatic rings. The fourth-order valence-corrected chi connectivity index (χ4v) is 3.33. The van der Waals surface area contributed by atoms with Crippen LogP contribution in [0.5, 0.6) is 0 Å². The fourth-order valence-electron chi connectivity index (χ4n) is 2.72. The molecule has 2 rings (SSSR count). The number of benzene rings is 1. The Bertz CT molecular complexity index is 467. The van der Waals surface area contributed by atoms with E-state index in [0.717, 1.165) is 35.7 Å². The van der Waals surface area contributed by atoms with Gasteiger partial charge in [0.15, 0.2) is 5.11 Å². The van der Waals surface area contributed by atoms with Crippen molar-refractivity contribution in [3.8, 4) is 0 Å². The fraction of sp³-hybridized carbons (Fsp3) is 0.562. The maximum Gasteiger partial charge on any atom is 0.170 e. The van der Waals surface area contributed by atoms with Gasteiger partial charge in [-0.1, -0.05) is 28.4 Å². The molecule has 2 N–H and O–H groups in total. The number of rotatable bonds is 5. The molecule has 1 fully saturated rings. The predicted octanol–water partition coefficient (Wildman–Crippen LogP) is 4.00. The highest BCUT2D eigenvalue weighted by Crippen LogP contribution is 2.16. The average molecular weight is 370 g/mol. The number of nitrogens with zero attached hydrogens (tertiary/aromatic N) is 1. The van der Waals surface area contributed by atoms with Crippen molar-refractivity contribution in [3.05, 3.63) is 28.7 Å². The van der Waals surface area contributed by atoms with Gasteiger partial charge in [0.1, 0.15) is 0 Å². The summed E-state index contributed by atoms with van der Waals surface area (Å²) in [6.45, 7) is 5.67. The van der Waals surface area contributed by atoms with Crippen LogP contribution in [0.2, 0.25) is 0 Å². The number of thiocarbonyl (C=S) groups is 1. The van der Waals surface area contributed by atoms with E-state index in [-0.39, 0.29) is 0 Å². The van der Waals surface area contributed by atoms with Crippen molar-refractivity contribution < 1.29 is 0 Å². The Kier molecular flexibility index (Phi) is 6.93. The molecule has 0 radical (unpaired) electrons. The van der Waals surface area contributed by atoms with E-state index in [4.69, 9.17) is 12.2 Å². The van der Waals surface area contributed by atoms with Gasteiger partial charge in [-0.3, -0.25) is 0 Å². The summed E-state index contributed by atoms with van der Waals surface area (Å²) in [5.41, 5.74) is 1.01. The summed E-state index contributed by atoms with van der Waals surface area (Å²) < 4.78 is 1.05. The number of piperidine rings is 1. The van der Waals surface area contributed by atoms with Crippen LogP contribution in [0.3, 0.4) is 0 Å². The Morgan fingerprint density at radius 3 is 3.05 bits per heavy atom. The van der Waals surface area contributed by atoms with Crippen LogP contribution in [-0.4, -0.2) is 35.7 Å². The smallest absolute Gasteiger partial charge is 0.170 e. The van der Waals surface area contributed by atoms with Crippen LogP contribution in [-0.2, 0) is 0 Å². The van der Waals surface area contributed by atoms with E-state index >= 15 is 0 Å². The Morgan fingerprint density at radius 1 is 1.43 bits per heavy atom. The lowest BCUT2D eigenvalue weighted by Crippen LogP contribution is -2.39. The summed E-state index contributed by atoms with van der Waals surface area (Å²) in [5.74, 6) is 0. The third kappa shape index (κ3) is 5.93. The largest absolute Gasteiger partial charge is 0.362 e. The highest BCUT2D eigenvalue weighted by atomic mass is 79.9. The topological polar surface area (TPSA) is 27.3 Å². The van der Waals surface area contributed by atoms with Crippen molar-refractivity contribution >= 4 is 38.9 Å². The summed E-state index contributed by atoms with van der Waals surface area (Å²) in [6, 6.07) is 8.76. The van der Waals surface area contributed by atoms with E-state index < -0.39 is 0 Å². The lowest BCUT2D eigenvalue weighted by molar-refractivity contribution is 0.159. The molecule has 1 atom stereocenters. The van der Waals surface area contributed by atoms with Gasteiger partial charge in [-0.05, 0) is 63.1 Å². The first-order valence-corrected chi connectivity index (χ1v) is 8.90. The second kappa shape index (κ2) is 8.71. The average Bonchev–Trinajstić information content (AvgIpc) is 2.45. The lowest BCUT2D eigenvalue weighted by Gasteiger charge is -2.33. The van der Waals surface area contributed by atoms with Gasteiger partial charge in [0.25, 0.3) is 0 Å². The minimum absolute atomic E-state index is 0.694. The molecule has 1 heterocycles. The van der Waals surface area contributed by atoms with Gasteiger partial charge in [0, 0.05) is 29.3 Å². The summed E-state index contributed by atoms with van der Waals surface area (Å²) in [5, 5.41) is 7.18. The van der Waals surface area contributed by atoms with Crippen LogP contribution in [0.25, 0.3) is 0 Å². The molecule has 1 aliphatic heterocycles. The number of anilines is 1. The maximum absolute atomic E-state index is 5.32. The van der Waals surface area contributed by atoms with Crippen LogP contribution in [0.15, 0.2) is 28.7 Å². The molecular weight excluding hydrogens is 346 g/mol. The van der Waals surface area contributed by atoms with Crippen LogP contribution < -0.4 is 10.6 Å². The summed E-state index contributed by atoms with van der Waals surface area (Å²) in [6.07, 6.45) is 5.21. The molecule has 0 spiro atoms. The Morgan fingerprint density at radius 2 is 2.29 bits per heavy atom. The number of nitrogens with one attached hydrogen (secondary N) is 2. The highest BCUT2D eigenvalue weighted by Gasteiger charge is 2.16. The van der Waals surface area contributed by atoms with Crippen LogP contribution in [0, 0.1) is 0 Å². The van der Waals surface area contributed by atoms with E-state index in [1.807, 2.05) is 24.3 Å². The van der Waals surface area contributed by atoms with Crippen LogP contribution >= 0.6 is 28.1 Å². The number of likely N-dealkylation sites (tertiary alicyclic amines) is 1. The van der Waals surface area contributed by atoms with Gasteiger partial charge in [-0.15, -0.1) is 0 Å². The van der Waals surface area contributed by atoms with Gasteiger partial charge >= 0.3 is 0 Å². The normalized spacial score (nSPS) is 19.2. The third-order valence-corrected chi connectivity index (χ3v) is 4.67. The summed E-state index contributed by atoms with van der Waals surface area (Å²) >= 11 is 8.78. The zero-order valence-electron chi connectivity index (χ0n) is 12.6. The molecule has 1 saturated heterocycles. The van der Waals surface area contributed by atoms with E-state index in [2.05, 4.69) is 38.4 Å². The Balaban J connectivity index is 1.63. The molecule has 1 aromatic carbocycles. The summed E-state index contributed by atoms with van der Waals surface area (Å²) in [4.78, 5) is 2.59. The molecule has 0 aromatic heterocycles. The zero-order chi connectivity index (χ0) is 15.1. The van der Waals surface area contributed by atoms with Crippen molar-refractivity contribution in [3.63, 3.8) is 0 Å². The van der Waals surface area contributed by atoms with E-state index in [1.54, 1.807) is 0 Å². The standard InChI is InChI=1S/C16H24BrN3S/c1-13-6-2-3-10-20(13)11-5-9-18-16(21)19-15-8-4-7-14(17)12-15/h4,7-8,12-13H,2-3,5-6,9-11H2,1H3,(H2,18,19,21)/t13-/m0/s1. The molecule has 0 saturated carbocycles. The molecular formula is C16H24BrN3S. The maximum atomic E-state index is 5.32. The van der Waals surface area contributed by atoms with E-state index in [1.165, 1.54) is 25.8 Å². The Labute approximate surface area is 141 Å². The molecule has 0 unspecified atom stereocenters. The monoisotopic (exact) mass is 369 g/mol. The lowest BCUT2D eigenvalue weighted by atomic mass is 10.0. The number of halogens is 1. The predicted molar refractivity (Wildman–Crippen MR) is 97.9 cm³/mol. The molecule has 3 nitrogen and oxygen atoms in total. The molecule has 21 heavy (non-hydrogen) atoms. The summed E-state index contributed by atoms with van der Waals surface area (Å²) in [7, 11) is 0. The SMILES string of the molecule is C[C@H]1CCCCN1CCCNC(=S)Nc1cccc(Br)c1. The molecule has 0 aliphatic carbocycles. The second-order valence-corrected chi connectivity index (χ2v) is 6.95. The molecule has 0 bridgehead atoms. The zero-order valence-corrected chi connectivity index (χ0v) is 15.0. The first kappa shape index (κ1) is 16.7. The minimum Gasteiger partial charge on any atom is -0.362 e. The van der Waals surface area contributed by atoms with Crippen molar-refractivity contribution in [2.24, 2.45) is 0 Å². The second-order valence-electron chi connectivity index (χ2n) is 5.63. The Hall–Kier alpha value is -0.650. The van der Waals surface area contributed by atoms with Gasteiger partial charge < -0.3 is 15.5 Å². The van der Waals surface area contributed by atoms with Crippen molar-refractivity contribution in [2.75, 3.05) is 25.0 Å². The first-order chi connectivity index (χ1) is 10.1. The van der Waals surface area contributed by atoms with E-state index in [0.29, 0.717) is 5.11 Å². The van der Waals surface area contributed by atoms with Crippen LogP contribution in [0.4, 0.5) is 5.69 Å². The minimum atomic E-state index is 0.694. The van der Waals surface area contributed by atoms with Crippen molar-refractivity contribution in [2.45, 2.75) is 38.6 Å². The van der Waals surface area contributed by atoms with Gasteiger partial charge in [0.05, 0.1) is 0 Å². The molecule has 1 aromatic rings. The first-order valence-electron chi connectivity index (χ1n) is 7.69. The molecule has 0 amide bonds. The van der Waals surface area contributed by atoms with Crippen molar-refractivity contribution in [1.29, 1.82) is 0 Å². The van der Waals surface area contributed by atoms with E-state index in [9.17, 15) is 0 Å². The van der Waals surface area contributed by atoms with Gasteiger partial charge in [0.2, 0.25) is 0 Å². The number of hydrogen-bond acceptors (Lipinski definition) is 2. The van der Waals surface area contributed by atoms with Gasteiger partial charge in [-0.25, -0.2) is 0 Å². The molecule has 5 heteroatoms. The third-order valence-electron chi connectivity index (χ3n) is 3.93. The van der Waals surface area contributed by atoms with Crippen molar-refractivity contribution in [1.82, 2.24) is 10.2 Å². The quantitative estimate of drug-likeness (QED) is 0.605. The van der Waals surface area contributed by atoms with Gasteiger partial charge in [-0.2, -0.15) is 0 Å². The van der Waals surface area contributed by atoms with Crippen LogP contribution in [0.1, 0.15) is 32.6 Å². The number of hydrogen-bond donors (Lipinski definition) is 2. The molecule has 116 valence electrons.